The Balaban J connectivity index is 2.30. The number of guanidine groups is 1. The van der Waals surface area contributed by atoms with Crippen LogP contribution in [0.15, 0.2) is 27.8 Å². The quantitative estimate of drug-likeness (QED) is 0.563. The Bertz CT molecular complexity index is 278. The molecule has 0 fully saturated rings. The van der Waals surface area contributed by atoms with Gasteiger partial charge in [0.15, 0.2) is 5.96 Å². The lowest BCUT2D eigenvalue weighted by Gasteiger charge is -2.07. The van der Waals surface area contributed by atoms with Gasteiger partial charge in [0.05, 0.1) is 6.26 Å². The predicted octanol–water partition coefficient (Wildman–Crippen LogP) is 1.34. The van der Waals surface area contributed by atoms with E-state index < -0.39 is 0 Å². The molecular formula is C10H17N3O. The fraction of sp³-hybridized carbons (Fsp3) is 0.500. The molecule has 0 radical (unpaired) electrons. The second kappa shape index (κ2) is 5.32. The number of rotatable bonds is 4. The van der Waals surface area contributed by atoms with Crippen molar-refractivity contribution in [1.82, 2.24) is 5.32 Å². The van der Waals surface area contributed by atoms with Gasteiger partial charge in [0.2, 0.25) is 0 Å². The Kier molecular flexibility index (Phi) is 4.04. The predicted molar refractivity (Wildman–Crippen MR) is 56.9 cm³/mol. The van der Waals surface area contributed by atoms with Gasteiger partial charge in [-0.25, -0.2) is 4.99 Å². The van der Waals surface area contributed by atoms with Gasteiger partial charge in [-0.3, -0.25) is 0 Å². The zero-order chi connectivity index (χ0) is 10.4. The van der Waals surface area contributed by atoms with Crippen LogP contribution in [0.4, 0.5) is 0 Å². The molecule has 0 aromatic carbocycles. The molecule has 0 unspecified atom stereocenters. The molecule has 1 aromatic rings. The highest BCUT2D eigenvalue weighted by Gasteiger charge is 1.96. The minimum Gasteiger partial charge on any atom is -0.467 e. The number of aliphatic imine (C=N–C) groups is 1. The molecule has 0 atom stereocenters. The summed E-state index contributed by atoms with van der Waals surface area (Å²) in [7, 11) is 0. The molecule has 0 spiro atoms. The van der Waals surface area contributed by atoms with Gasteiger partial charge in [-0.1, -0.05) is 13.8 Å². The van der Waals surface area contributed by atoms with Gasteiger partial charge in [0, 0.05) is 6.54 Å². The van der Waals surface area contributed by atoms with Crippen LogP contribution in [0.2, 0.25) is 0 Å². The van der Waals surface area contributed by atoms with E-state index in [1.807, 2.05) is 12.1 Å². The maximum Gasteiger partial charge on any atom is 0.189 e. The number of nitrogens with two attached hydrogens (primary N) is 1. The van der Waals surface area contributed by atoms with Gasteiger partial charge in [-0.05, 0) is 18.1 Å². The SMILES string of the molecule is CC(C)CNC(N)=NCc1ccco1. The maximum absolute atomic E-state index is 5.64. The first-order valence-electron chi connectivity index (χ1n) is 4.74. The van der Waals surface area contributed by atoms with Crippen LogP contribution in [-0.4, -0.2) is 12.5 Å². The molecule has 0 aliphatic rings. The van der Waals surface area contributed by atoms with Crippen molar-refractivity contribution in [1.29, 1.82) is 0 Å². The molecule has 0 aliphatic carbocycles. The number of furan rings is 1. The minimum atomic E-state index is 0.468. The summed E-state index contributed by atoms with van der Waals surface area (Å²) in [6, 6.07) is 3.71. The molecule has 1 aromatic heterocycles. The van der Waals surface area contributed by atoms with E-state index >= 15 is 0 Å². The summed E-state index contributed by atoms with van der Waals surface area (Å²) in [4.78, 5) is 4.13. The summed E-state index contributed by atoms with van der Waals surface area (Å²) in [6.45, 7) is 5.57. The number of hydrogen-bond donors (Lipinski definition) is 2. The minimum absolute atomic E-state index is 0.468. The van der Waals surface area contributed by atoms with Crippen molar-refractivity contribution in [3.05, 3.63) is 24.2 Å². The van der Waals surface area contributed by atoms with Gasteiger partial charge < -0.3 is 15.5 Å². The Hall–Kier alpha value is -1.45. The van der Waals surface area contributed by atoms with Gasteiger partial charge in [0.25, 0.3) is 0 Å². The monoisotopic (exact) mass is 195 g/mol. The molecule has 0 amide bonds. The van der Waals surface area contributed by atoms with E-state index in [4.69, 9.17) is 10.2 Å². The highest BCUT2D eigenvalue weighted by atomic mass is 16.3. The summed E-state index contributed by atoms with van der Waals surface area (Å²) in [5.41, 5.74) is 5.64. The molecule has 14 heavy (non-hydrogen) atoms. The molecule has 4 heteroatoms. The third kappa shape index (κ3) is 3.98. The lowest BCUT2D eigenvalue weighted by atomic mass is 10.2. The Morgan fingerprint density at radius 1 is 1.64 bits per heavy atom. The van der Waals surface area contributed by atoms with E-state index in [0.29, 0.717) is 18.4 Å². The van der Waals surface area contributed by atoms with Crippen LogP contribution >= 0.6 is 0 Å². The summed E-state index contributed by atoms with van der Waals surface area (Å²) < 4.78 is 5.12. The number of nitrogens with zero attached hydrogens (tertiary/aromatic N) is 1. The summed E-state index contributed by atoms with van der Waals surface area (Å²) in [5.74, 6) is 1.85. The van der Waals surface area contributed by atoms with Crippen molar-refractivity contribution in [2.75, 3.05) is 6.54 Å². The normalized spacial score (nSPS) is 12.1. The van der Waals surface area contributed by atoms with Crippen molar-refractivity contribution < 1.29 is 4.42 Å². The largest absolute Gasteiger partial charge is 0.467 e. The summed E-state index contributed by atoms with van der Waals surface area (Å²) >= 11 is 0. The first-order chi connectivity index (χ1) is 6.68. The van der Waals surface area contributed by atoms with E-state index in [9.17, 15) is 0 Å². The highest BCUT2D eigenvalue weighted by Crippen LogP contribution is 2.00. The summed E-state index contributed by atoms with van der Waals surface area (Å²) in [6.07, 6.45) is 1.63. The standard InChI is InChI=1S/C10H17N3O/c1-8(2)6-12-10(11)13-7-9-4-3-5-14-9/h3-5,8H,6-7H2,1-2H3,(H3,11,12,13). The van der Waals surface area contributed by atoms with Crippen molar-refractivity contribution in [3.63, 3.8) is 0 Å². The smallest absolute Gasteiger partial charge is 0.189 e. The average molecular weight is 195 g/mol. The van der Waals surface area contributed by atoms with Crippen molar-refractivity contribution in [2.45, 2.75) is 20.4 Å². The van der Waals surface area contributed by atoms with Gasteiger partial charge >= 0.3 is 0 Å². The van der Waals surface area contributed by atoms with Crippen LogP contribution in [0.5, 0.6) is 0 Å². The van der Waals surface area contributed by atoms with E-state index in [1.165, 1.54) is 0 Å². The zero-order valence-corrected chi connectivity index (χ0v) is 8.66. The van der Waals surface area contributed by atoms with Crippen LogP contribution < -0.4 is 11.1 Å². The molecular weight excluding hydrogens is 178 g/mol. The van der Waals surface area contributed by atoms with Crippen molar-refractivity contribution in [3.8, 4) is 0 Å². The van der Waals surface area contributed by atoms with Crippen LogP contribution in [-0.2, 0) is 6.54 Å². The third-order valence-electron chi connectivity index (χ3n) is 1.68. The molecule has 0 saturated heterocycles. The Morgan fingerprint density at radius 3 is 3.00 bits per heavy atom. The van der Waals surface area contributed by atoms with Crippen molar-refractivity contribution >= 4 is 5.96 Å². The summed E-state index contributed by atoms with van der Waals surface area (Å²) in [5, 5.41) is 3.03. The molecule has 4 nitrogen and oxygen atoms in total. The number of nitrogens with one attached hydrogen (secondary N) is 1. The second-order valence-corrected chi connectivity index (χ2v) is 3.56. The highest BCUT2D eigenvalue weighted by molar-refractivity contribution is 5.77. The molecule has 1 heterocycles. The van der Waals surface area contributed by atoms with Crippen LogP contribution in [0.1, 0.15) is 19.6 Å². The topological polar surface area (TPSA) is 63.5 Å². The molecule has 0 aliphatic heterocycles. The molecule has 1 rings (SSSR count). The molecule has 78 valence electrons. The van der Waals surface area contributed by atoms with Crippen LogP contribution in [0, 0.1) is 5.92 Å². The van der Waals surface area contributed by atoms with Gasteiger partial charge in [0.1, 0.15) is 12.3 Å². The average Bonchev–Trinajstić information content (AvgIpc) is 2.63. The van der Waals surface area contributed by atoms with Crippen LogP contribution in [0.25, 0.3) is 0 Å². The van der Waals surface area contributed by atoms with Gasteiger partial charge in [-0.2, -0.15) is 0 Å². The van der Waals surface area contributed by atoms with Crippen molar-refractivity contribution in [2.24, 2.45) is 16.6 Å². The van der Waals surface area contributed by atoms with E-state index in [-0.39, 0.29) is 0 Å². The zero-order valence-electron chi connectivity index (χ0n) is 8.66. The van der Waals surface area contributed by atoms with E-state index in [0.717, 1.165) is 12.3 Å². The fourth-order valence-corrected chi connectivity index (χ4v) is 0.930. The van der Waals surface area contributed by atoms with E-state index in [1.54, 1.807) is 6.26 Å². The molecule has 0 saturated carbocycles. The maximum atomic E-state index is 5.64. The third-order valence-corrected chi connectivity index (χ3v) is 1.68. The lowest BCUT2D eigenvalue weighted by molar-refractivity contribution is 0.512. The number of hydrogen-bond acceptors (Lipinski definition) is 2. The fourth-order valence-electron chi connectivity index (χ4n) is 0.930. The molecule has 0 bridgehead atoms. The lowest BCUT2D eigenvalue weighted by Crippen LogP contribution is -2.34. The van der Waals surface area contributed by atoms with E-state index in [2.05, 4.69) is 24.2 Å². The Labute approximate surface area is 84.2 Å². The molecule has 3 N–H and O–H groups in total. The second-order valence-electron chi connectivity index (χ2n) is 3.56. The first-order valence-corrected chi connectivity index (χ1v) is 4.74. The van der Waals surface area contributed by atoms with Crippen LogP contribution in [0.3, 0.4) is 0 Å². The first kappa shape index (κ1) is 10.6. The van der Waals surface area contributed by atoms with Gasteiger partial charge in [-0.15, -0.1) is 0 Å². The Morgan fingerprint density at radius 2 is 2.43 bits per heavy atom.